The largest absolute Gasteiger partial charge is 0.494 e. The number of rotatable bonds is 7. The van der Waals surface area contributed by atoms with E-state index >= 15 is 0 Å². The molecule has 0 saturated carbocycles. The van der Waals surface area contributed by atoms with Crippen molar-refractivity contribution < 1.29 is 30.0 Å². The van der Waals surface area contributed by atoms with E-state index in [0.717, 1.165) is 6.21 Å². The maximum absolute atomic E-state index is 13.2. The lowest BCUT2D eigenvalue weighted by atomic mass is 9.92. The molecule has 184 valence electrons. The standard InChI is InChI=1S/C24H21N5O7/c1-12-16(7-25)20(33)27-21(34)17(12)8-26-29-22(35)14-4-2-3-13-18(28-24(9-30,10-31)11-32)6-5-15(19(13)14)23(29)36/h2-6,8,28,30-32H,9-11H2,1H3,(H2,27,33,34). The number of aromatic amines is 1. The summed E-state index contributed by atoms with van der Waals surface area (Å²) in [7, 11) is 0. The maximum atomic E-state index is 13.2. The van der Waals surface area contributed by atoms with Crippen LogP contribution in [0.15, 0.2) is 40.2 Å². The molecule has 0 fully saturated rings. The third-order valence-corrected chi connectivity index (χ3v) is 6.10. The highest BCUT2D eigenvalue weighted by atomic mass is 16.3. The first-order chi connectivity index (χ1) is 17.2. The maximum Gasteiger partial charge on any atom is 0.282 e. The van der Waals surface area contributed by atoms with Crippen LogP contribution in [0.1, 0.15) is 37.4 Å². The topological polar surface area (TPSA) is 199 Å². The molecular formula is C24H21N5O7. The first kappa shape index (κ1) is 24.6. The summed E-state index contributed by atoms with van der Waals surface area (Å²) in [6.07, 6.45) is 1.01. The fourth-order valence-electron chi connectivity index (χ4n) is 3.98. The summed E-state index contributed by atoms with van der Waals surface area (Å²) in [5, 5.41) is 56.5. The minimum absolute atomic E-state index is 0.0383. The number of carbonyl (C=O) groups is 2. The second-order valence-corrected chi connectivity index (χ2v) is 8.26. The van der Waals surface area contributed by atoms with Crippen LogP contribution in [-0.2, 0) is 0 Å². The number of carbonyl (C=O) groups excluding carboxylic acids is 2. The van der Waals surface area contributed by atoms with Crippen molar-refractivity contribution in [2.45, 2.75) is 12.5 Å². The highest BCUT2D eigenvalue weighted by Gasteiger charge is 2.35. The molecule has 36 heavy (non-hydrogen) atoms. The van der Waals surface area contributed by atoms with Crippen LogP contribution in [0.5, 0.6) is 5.88 Å². The molecule has 0 unspecified atom stereocenters. The molecule has 0 saturated heterocycles. The molecule has 12 heteroatoms. The number of benzene rings is 2. The van der Waals surface area contributed by atoms with Gasteiger partial charge in [0.05, 0.1) is 42.7 Å². The third-order valence-electron chi connectivity index (χ3n) is 6.10. The first-order valence-corrected chi connectivity index (χ1v) is 10.7. The van der Waals surface area contributed by atoms with Crippen molar-refractivity contribution in [2.24, 2.45) is 5.10 Å². The Balaban J connectivity index is 1.79. The number of nitrogens with zero attached hydrogens (tertiary/aromatic N) is 3. The lowest BCUT2D eigenvalue weighted by Gasteiger charge is -2.31. The van der Waals surface area contributed by atoms with E-state index in [0.29, 0.717) is 21.5 Å². The number of aliphatic hydroxyl groups excluding tert-OH is 3. The summed E-state index contributed by atoms with van der Waals surface area (Å²) >= 11 is 0. The van der Waals surface area contributed by atoms with Crippen molar-refractivity contribution in [2.75, 3.05) is 25.1 Å². The molecular weight excluding hydrogens is 470 g/mol. The van der Waals surface area contributed by atoms with Gasteiger partial charge in [-0.3, -0.25) is 19.4 Å². The average molecular weight is 491 g/mol. The smallest absolute Gasteiger partial charge is 0.282 e. The Hall–Kier alpha value is -4.57. The van der Waals surface area contributed by atoms with Gasteiger partial charge in [0.25, 0.3) is 17.4 Å². The quantitative estimate of drug-likeness (QED) is 0.197. The number of nitrogens with one attached hydrogen (secondary N) is 2. The molecule has 12 nitrogen and oxygen atoms in total. The molecule has 2 aromatic carbocycles. The van der Waals surface area contributed by atoms with Gasteiger partial charge in [-0.25, -0.2) is 0 Å². The SMILES string of the molecule is Cc1c(C=NN2C(=O)c3cccc4c(NC(CO)(CO)CO)ccc(c34)C2=O)c(O)[nH]c(=O)c1C#N. The number of hydrogen-bond donors (Lipinski definition) is 6. The molecule has 0 bridgehead atoms. The summed E-state index contributed by atoms with van der Waals surface area (Å²) in [5.74, 6) is -2.09. The van der Waals surface area contributed by atoms with Gasteiger partial charge in [0, 0.05) is 16.5 Å². The van der Waals surface area contributed by atoms with E-state index in [-0.39, 0.29) is 27.8 Å². The van der Waals surface area contributed by atoms with Gasteiger partial charge in [0.15, 0.2) is 0 Å². The lowest BCUT2D eigenvalue weighted by molar-refractivity contribution is 0.0616. The Morgan fingerprint density at radius 3 is 2.33 bits per heavy atom. The Morgan fingerprint density at radius 1 is 1.08 bits per heavy atom. The lowest BCUT2D eigenvalue weighted by Crippen LogP contribution is -2.49. The van der Waals surface area contributed by atoms with Crippen LogP contribution in [0.2, 0.25) is 0 Å². The van der Waals surface area contributed by atoms with E-state index < -0.39 is 48.6 Å². The van der Waals surface area contributed by atoms with E-state index in [2.05, 4.69) is 15.4 Å². The van der Waals surface area contributed by atoms with Gasteiger partial charge in [-0.1, -0.05) is 12.1 Å². The summed E-state index contributed by atoms with van der Waals surface area (Å²) < 4.78 is 0. The number of nitriles is 1. The molecule has 1 aliphatic heterocycles. The van der Waals surface area contributed by atoms with Gasteiger partial charge in [-0.15, -0.1) is 0 Å². The van der Waals surface area contributed by atoms with Crippen LogP contribution < -0.4 is 10.9 Å². The number of hydrazone groups is 1. The summed E-state index contributed by atoms with van der Waals surface area (Å²) in [6.45, 7) is -0.306. The zero-order valence-corrected chi connectivity index (χ0v) is 18.9. The van der Waals surface area contributed by atoms with E-state index in [1.54, 1.807) is 18.2 Å². The number of anilines is 1. The monoisotopic (exact) mass is 491 g/mol. The van der Waals surface area contributed by atoms with E-state index in [1.165, 1.54) is 25.1 Å². The van der Waals surface area contributed by atoms with Crippen LogP contribution in [-0.4, -0.2) is 73.8 Å². The molecule has 2 amide bonds. The van der Waals surface area contributed by atoms with Gasteiger partial charge in [-0.2, -0.15) is 15.4 Å². The Morgan fingerprint density at radius 2 is 1.72 bits per heavy atom. The molecule has 6 N–H and O–H groups in total. The van der Waals surface area contributed by atoms with Crippen molar-refractivity contribution >= 4 is 34.5 Å². The predicted molar refractivity (Wildman–Crippen MR) is 128 cm³/mol. The minimum atomic E-state index is -1.43. The Kier molecular flexibility index (Phi) is 6.30. The first-order valence-electron chi connectivity index (χ1n) is 10.7. The summed E-state index contributed by atoms with van der Waals surface area (Å²) in [5.41, 5.74) is -1.71. The number of hydrogen-bond acceptors (Lipinski definition) is 10. The van der Waals surface area contributed by atoms with E-state index in [1.807, 2.05) is 0 Å². The van der Waals surface area contributed by atoms with Crippen LogP contribution >= 0.6 is 0 Å². The second kappa shape index (κ2) is 9.23. The van der Waals surface area contributed by atoms with Crippen molar-refractivity contribution in [3.05, 3.63) is 68.5 Å². The molecule has 1 aliphatic rings. The molecule has 4 rings (SSSR count). The van der Waals surface area contributed by atoms with E-state index in [4.69, 9.17) is 0 Å². The highest BCUT2D eigenvalue weighted by molar-refractivity contribution is 6.26. The molecule has 0 atom stereocenters. The fraction of sp³-hybridized carbons (Fsp3) is 0.208. The fourth-order valence-corrected chi connectivity index (χ4v) is 3.98. The number of aromatic hydroxyl groups is 1. The average Bonchev–Trinajstić information content (AvgIpc) is 2.88. The van der Waals surface area contributed by atoms with Crippen molar-refractivity contribution in [1.29, 1.82) is 5.26 Å². The third kappa shape index (κ3) is 3.77. The number of H-pyrrole nitrogens is 1. The molecule has 0 radical (unpaired) electrons. The van der Waals surface area contributed by atoms with Crippen LogP contribution in [0, 0.1) is 18.3 Å². The van der Waals surface area contributed by atoms with Gasteiger partial charge >= 0.3 is 0 Å². The minimum Gasteiger partial charge on any atom is -0.494 e. The van der Waals surface area contributed by atoms with Gasteiger partial charge in [0.1, 0.15) is 17.2 Å². The van der Waals surface area contributed by atoms with Gasteiger partial charge in [-0.05, 0) is 30.7 Å². The number of pyridine rings is 1. The van der Waals surface area contributed by atoms with E-state index in [9.17, 15) is 40.1 Å². The van der Waals surface area contributed by atoms with Crippen LogP contribution in [0.25, 0.3) is 10.8 Å². The van der Waals surface area contributed by atoms with Crippen LogP contribution in [0.3, 0.4) is 0 Å². The zero-order chi connectivity index (χ0) is 26.2. The van der Waals surface area contributed by atoms with Gasteiger partial charge in [0.2, 0.25) is 5.88 Å². The molecule has 2 heterocycles. The van der Waals surface area contributed by atoms with Crippen molar-refractivity contribution in [1.82, 2.24) is 9.99 Å². The number of amides is 2. The predicted octanol–water partition coefficient (Wildman–Crippen LogP) is 0.171. The van der Waals surface area contributed by atoms with Gasteiger partial charge < -0.3 is 25.7 Å². The molecule has 3 aromatic rings. The zero-order valence-electron chi connectivity index (χ0n) is 18.9. The summed E-state index contributed by atoms with van der Waals surface area (Å²) in [6, 6.07) is 9.42. The molecule has 0 spiro atoms. The highest BCUT2D eigenvalue weighted by Crippen LogP contribution is 2.35. The molecule has 1 aromatic heterocycles. The number of aromatic nitrogens is 1. The van der Waals surface area contributed by atoms with Crippen molar-refractivity contribution in [3.63, 3.8) is 0 Å². The Bertz CT molecular complexity index is 1500. The number of imide groups is 1. The summed E-state index contributed by atoms with van der Waals surface area (Å²) in [4.78, 5) is 40.4. The molecule has 0 aliphatic carbocycles. The Labute approximate surface area is 203 Å². The number of aliphatic hydroxyl groups is 3. The van der Waals surface area contributed by atoms with Crippen molar-refractivity contribution in [3.8, 4) is 11.9 Å². The normalized spacial score (nSPS) is 13.5. The van der Waals surface area contributed by atoms with Crippen LogP contribution in [0.4, 0.5) is 5.69 Å². The second-order valence-electron chi connectivity index (χ2n) is 8.26.